The van der Waals surface area contributed by atoms with Gasteiger partial charge in [-0.3, -0.25) is 4.57 Å². The SMILES string of the molecule is O=c1n(Cc2nc([C@H]3CCOC3)no2)nc2n1CCCCC2. The van der Waals surface area contributed by atoms with E-state index in [2.05, 4.69) is 15.2 Å². The fraction of sp³-hybridized carbons (Fsp3) is 0.714. The maximum Gasteiger partial charge on any atom is 0.346 e. The monoisotopic (exact) mass is 305 g/mol. The summed E-state index contributed by atoms with van der Waals surface area (Å²) in [4.78, 5) is 16.8. The Kier molecular flexibility index (Phi) is 3.53. The zero-order valence-corrected chi connectivity index (χ0v) is 12.4. The van der Waals surface area contributed by atoms with Crippen LogP contribution >= 0.6 is 0 Å². The Morgan fingerprint density at radius 2 is 2.23 bits per heavy atom. The summed E-state index contributed by atoms with van der Waals surface area (Å²) in [6, 6.07) is 0. The Balaban J connectivity index is 1.55. The van der Waals surface area contributed by atoms with Crippen LogP contribution < -0.4 is 5.69 Å². The predicted octanol–water partition coefficient (Wildman–Crippen LogP) is 0.706. The lowest BCUT2D eigenvalue weighted by atomic mass is 10.1. The van der Waals surface area contributed by atoms with Crippen LogP contribution in [0, 0.1) is 0 Å². The summed E-state index contributed by atoms with van der Waals surface area (Å²) in [6.07, 6.45) is 5.04. The van der Waals surface area contributed by atoms with Crippen LogP contribution in [-0.2, 0) is 24.2 Å². The quantitative estimate of drug-likeness (QED) is 0.829. The van der Waals surface area contributed by atoms with E-state index in [-0.39, 0.29) is 18.2 Å². The maximum absolute atomic E-state index is 12.4. The van der Waals surface area contributed by atoms with Gasteiger partial charge in [-0.1, -0.05) is 11.6 Å². The summed E-state index contributed by atoms with van der Waals surface area (Å²) >= 11 is 0. The molecule has 2 aromatic heterocycles. The summed E-state index contributed by atoms with van der Waals surface area (Å²) in [6.45, 7) is 2.36. The van der Waals surface area contributed by atoms with Crippen LogP contribution in [0.25, 0.3) is 0 Å². The Hall–Kier alpha value is -1.96. The molecule has 0 saturated carbocycles. The third-order valence-corrected chi connectivity index (χ3v) is 4.35. The van der Waals surface area contributed by atoms with Crippen molar-refractivity contribution in [2.75, 3.05) is 13.2 Å². The van der Waals surface area contributed by atoms with Crippen LogP contribution in [0.3, 0.4) is 0 Å². The Morgan fingerprint density at radius 1 is 1.27 bits per heavy atom. The normalized spacial score (nSPS) is 21.7. The van der Waals surface area contributed by atoms with Gasteiger partial charge in [-0.15, -0.1) is 0 Å². The van der Waals surface area contributed by atoms with Gasteiger partial charge in [-0.05, 0) is 19.3 Å². The molecule has 1 fully saturated rings. The molecule has 2 aliphatic heterocycles. The summed E-state index contributed by atoms with van der Waals surface area (Å²) in [5.41, 5.74) is -0.0825. The molecule has 118 valence electrons. The average Bonchev–Trinajstić information content (AvgIpc) is 3.20. The summed E-state index contributed by atoms with van der Waals surface area (Å²) in [7, 11) is 0. The molecule has 0 spiro atoms. The number of fused-ring (bicyclic) bond motifs is 1. The van der Waals surface area contributed by atoms with Gasteiger partial charge >= 0.3 is 5.69 Å². The smallest absolute Gasteiger partial charge is 0.346 e. The molecule has 4 rings (SSSR count). The van der Waals surface area contributed by atoms with Gasteiger partial charge in [0.05, 0.1) is 6.61 Å². The first-order valence-corrected chi connectivity index (χ1v) is 7.88. The number of rotatable bonds is 3. The standard InChI is InChI=1S/C14H19N5O3/c20-14-18-6-3-1-2-4-11(18)16-19(14)8-12-15-13(17-22-12)10-5-7-21-9-10/h10H,1-9H2/t10-/m0/s1. The predicted molar refractivity (Wildman–Crippen MR) is 75.6 cm³/mol. The third-order valence-electron chi connectivity index (χ3n) is 4.35. The second kappa shape index (κ2) is 5.68. The van der Waals surface area contributed by atoms with Gasteiger partial charge in [0.25, 0.3) is 0 Å². The zero-order chi connectivity index (χ0) is 14.9. The molecule has 22 heavy (non-hydrogen) atoms. The van der Waals surface area contributed by atoms with Gasteiger partial charge in [-0.2, -0.15) is 10.1 Å². The molecular formula is C14H19N5O3. The molecule has 0 aromatic carbocycles. The van der Waals surface area contributed by atoms with Crippen LogP contribution in [0.2, 0.25) is 0 Å². The van der Waals surface area contributed by atoms with Crippen molar-refractivity contribution in [2.45, 2.75) is 51.1 Å². The molecule has 8 nitrogen and oxygen atoms in total. The van der Waals surface area contributed by atoms with Gasteiger partial charge in [0.1, 0.15) is 12.4 Å². The molecule has 0 amide bonds. The number of hydrogen-bond acceptors (Lipinski definition) is 6. The van der Waals surface area contributed by atoms with E-state index >= 15 is 0 Å². The first-order chi connectivity index (χ1) is 10.8. The van der Waals surface area contributed by atoms with Crippen LogP contribution in [-0.4, -0.2) is 37.7 Å². The highest BCUT2D eigenvalue weighted by molar-refractivity contribution is 4.98. The largest absolute Gasteiger partial charge is 0.381 e. The molecule has 1 saturated heterocycles. The lowest BCUT2D eigenvalue weighted by Gasteiger charge is -1.98. The van der Waals surface area contributed by atoms with Crippen molar-refractivity contribution >= 4 is 0 Å². The molecule has 0 aliphatic carbocycles. The van der Waals surface area contributed by atoms with Crippen molar-refractivity contribution in [3.63, 3.8) is 0 Å². The zero-order valence-electron chi connectivity index (χ0n) is 12.4. The lowest BCUT2D eigenvalue weighted by Crippen LogP contribution is -2.25. The Morgan fingerprint density at radius 3 is 3.09 bits per heavy atom. The summed E-state index contributed by atoms with van der Waals surface area (Å²) < 4.78 is 13.8. The van der Waals surface area contributed by atoms with Crippen LogP contribution in [0.4, 0.5) is 0 Å². The number of nitrogens with zero attached hydrogens (tertiary/aromatic N) is 5. The molecule has 0 bridgehead atoms. The van der Waals surface area contributed by atoms with E-state index < -0.39 is 0 Å². The third kappa shape index (κ3) is 2.47. The Labute approximate surface area is 127 Å². The number of hydrogen-bond donors (Lipinski definition) is 0. The van der Waals surface area contributed by atoms with E-state index in [1.807, 2.05) is 0 Å². The van der Waals surface area contributed by atoms with Crippen molar-refractivity contribution in [1.82, 2.24) is 24.5 Å². The van der Waals surface area contributed by atoms with Crippen LogP contribution in [0.1, 0.15) is 49.1 Å². The second-order valence-corrected chi connectivity index (χ2v) is 5.93. The van der Waals surface area contributed by atoms with E-state index in [9.17, 15) is 4.79 Å². The number of ether oxygens (including phenoxy) is 1. The van der Waals surface area contributed by atoms with Gasteiger partial charge in [0.2, 0.25) is 5.89 Å². The molecule has 0 radical (unpaired) electrons. The van der Waals surface area contributed by atoms with Crippen molar-refractivity contribution in [3.05, 3.63) is 28.0 Å². The fourth-order valence-electron chi connectivity index (χ4n) is 3.09. The van der Waals surface area contributed by atoms with Crippen LogP contribution in [0.5, 0.6) is 0 Å². The highest BCUT2D eigenvalue weighted by atomic mass is 16.5. The average molecular weight is 305 g/mol. The van der Waals surface area contributed by atoms with Crippen molar-refractivity contribution in [2.24, 2.45) is 0 Å². The molecule has 0 N–H and O–H groups in total. The van der Waals surface area contributed by atoms with E-state index in [1.165, 1.54) is 4.68 Å². The van der Waals surface area contributed by atoms with Gasteiger partial charge in [0.15, 0.2) is 5.82 Å². The molecule has 0 unspecified atom stereocenters. The van der Waals surface area contributed by atoms with Gasteiger partial charge < -0.3 is 9.26 Å². The highest BCUT2D eigenvalue weighted by Gasteiger charge is 2.24. The molecule has 1 atom stereocenters. The van der Waals surface area contributed by atoms with E-state index in [0.29, 0.717) is 18.3 Å². The van der Waals surface area contributed by atoms with E-state index in [4.69, 9.17) is 9.26 Å². The topological polar surface area (TPSA) is 88.0 Å². The summed E-state index contributed by atoms with van der Waals surface area (Å²) in [5.74, 6) is 2.16. The second-order valence-electron chi connectivity index (χ2n) is 5.93. The lowest BCUT2D eigenvalue weighted by molar-refractivity contribution is 0.192. The van der Waals surface area contributed by atoms with E-state index in [1.54, 1.807) is 4.57 Å². The van der Waals surface area contributed by atoms with E-state index in [0.717, 1.165) is 51.1 Å². The minimum absolute atomic E-state index is 0.0825. The van der Waals surface area contributed by atoms with Crippen molar-refractivity contribution in [3.8, 4) is 0 Å². The van der Waals surface area contributed by atoms with Crippen molar-refractivity contribution in [1.29, 1.82) is 0 Å². The molecule has 4 heterocycles. The molecular weight excluding hydrogens is 286 g/mol. The first-order valence-electron chi connectivity index (χ1n) is 7.88. The Bertz CT molecular complexity index is 710. The molecule has 2 aromatic rings. The molecule has 2 aliphatic rings. The minimum Gasteiger partial charge on any atom is -0.381 e. The highest BCUT2D eigenvalue weighted by Crippen LogP contribution is 2.22. The first kappa shape index (κ1) is 13.7. The maximum atomic E-state index is 12.4. The number of aryl methyl sites for hydroxylation is 1. The van der Waals surface area contributed by atoms with Gasteiger partial charge in [-0.25, -0.2) is 9.48 Å². The number of aromatic nitrogens is 5. The van der Waals surface area contributed by atoms with Crippen LogP contribution in [0.15, 0.2) is 9.32 Å². The molecule has 8 heteroatoms. The minimum atomic E-state index is -0.0825. The summed E-state index contributed by atoms with van der Waals surface area (Å²) in [5, 5.41) is 8.43. The fourth-order valence-corrected chi connectivity index (χ4v) is 3.09. The van der Waals surface area contributed by atoms with Gasteiger partial charge in [0, 0.05) is 25.5 Å². The van der Waals surface area contributed by atoms with Crippen molar-refractivity contribution < 1.29 is 9.26 Å².